The van der Waals surface area contributed by atoms with Crippen LogP contribution in [0.3, 0.4) is 0 Å². The summed E-state index contributed by atoms with van der Waals surface area (Å²) >= 11 is 0. The standard InChI is InChI=1S/C6H7N2/c1-6-5-7-3-2-4-8-6/h2-5,8H,1H2. The molecule has 8 heavy (non-hydrogen) atoms. The third kappa shape index (κ3) is 1.22. The van der Waals surface area contributed by atoms with Crippen LogP contribution in [0.15, 0.2) is 29.2 Å². The first-order valence-corrected chi connectivity index (χ1v) is 2.36. The molecule has 0 aliphatic carbocycles. The van der Waals surface area contributed by atoms with Gasteiger partial charge in [-0.2, -0.15) is 0 Å². The van der Waals surface area contributed by atoms with Crippen molar-refractivity contribution in [3.05, 3.63) is 31.1 Å². The summed E-state index contributed by atoms with van der Waals surface area (Å²) in [7, 11) is 0. The second-order valence-corrected chi connectivity index (χ2v) is 1.46. The average Bonchev–Trinajstić information content (AvgIpc) is 1.94. The maximum atomic E-state index is 3.85. The molecule has 41 valence electrons. The summed E-state index contributed by atoms with van der Waals surface area (Å²) in [6.07, 6.45) is 6.97. The van der Waals surface area contributed by atoms with E-state index in [1.807, 2.05) is 6.08 Å². The number of rotatable bonds is 0. The highest BCUT2D eigenvalue weighted by molar-refractivity contribution is 5.72. The van der Waals surface area contributed by atoms with Crippen LogP contribution in [0.4, 0.5) is 0 Å². The maximum absolute atomic E-state index is 3.85. The largest absolute Gasteiger partial charge is 0.364 e. The first-order chi connectivity index (χ1) is 3.89. The molecule has 1 heterocycles. The van der Waals surface area contributed by atoms with E-state index >= 15 is 0 Å². The normalized spacial score (nSPS) is 16.9. The van der Waals surface area contributed by atoms with E-state index in [9.17, 15) is 0 Å². The Morgan fingerprint density at radius 2 is 2.50 bits per heavy atom. The zero-order chi connectivity index (χ0) is 5.82. The Morgan fingerprint density at radius 1 is 1.62 bits per heavy atom. The van der Waals surface area contributed by atoms with Crippen LogP contribution in [-0.2, 0) is 0 Å². The topological polar surface area (TPSA) is 24.4 Å². The van der Waals surface area contributed by atoms with Gasteiger partial charge in [0.1, 0.15) is 0 Å². The Hall–Kier alpha value is -1.05. The van der Waals surface area contributed by atoms with Crippen LogP contribution < -0.4 is 5.32 Å². The molecular weight excluding hydrogens is 100 g/mol. The molecule has 0 saturated heterocycles. The van der Waals surface area contributed by atoms with Crippen LogP contribution in [-0.4, -0.2) is 6.21 Å². The molecule has 1 rings (SSSR count). The van der Waals surface area contributed by atoms with Crippen molar-refractivity contribution < 1.29 is 0 Å². The Morgan fingerprint density at radius 3 is 3.38 bits per heavy atom. The van der Waals surface area contributed by atoms with Gasteiger partial charge in [0.05, 0.1) is 0 Å². The molecule has 0 aromatic rings. The molecule has 1 radical (unpaired) electrons. The SMILES string of the molecule is [CH2]C1=CN=CC=CN1. The molecule has 1 N–H and O–H groups in total. The van der Waals surface area contributed by atoms with Crippen LogP contribution in [0.1, 0.15) is 0 Å². The summed E-state index contributed by atoms with van der Waals surface area (Å²) in [5.41, 5.74) is 0.815. The number of aliphatic imine (C=N–C) groups is 1. The third-order valence-electron chi connectivity index (χ3n) is 0.767. The molecule has 0 spiro atoms. The lowest BCUT2D eigenvalue weighted by atomic mass is 10.5. The number of hydrogen-bond donors (Lipinski definition) is 1. The quantitative estimate of drug-likeness (QED) is 0.487. The minimum atomic E-state index is 0.815. The molecule has 0 fully saturated rings. The molecule has 0 saturated carbocycles. The average molecular weight is 107 g/mol. The lowest BCUT2D eigenvalue weighted by Crippen LogP contribution is -1.98. The molecule has 0 aromatic carbocycles. The smallest absolute Gasteiger partial charge is 0.0460 e. The monoisotopic (exact) mass is 107 g/mol. The molecular formula is C6H7N2. The molecule has 0 amide bonds. The van der Waals surface area contributed by atoms with Gasteiger partial charge in [-0.25, -0.2) is 0 Å². The Kier molecular flexibility index (Phi) is 1.47. The Balaban J connectivity index is 2.69. The Bertz CT molecular complexity index is 154. The van der Waals surface area contributed by atoms with E-state index in [0.29, 0.717) is 0 Å². The molecule has 0 aromatic heterocycles. The molecule has 1 aliphatic heterocycles. The van der Waals surface area contributed by atoms with Crippen molar-refractivity contribution in [1.82, 2.24) is 5.32 Å². The molecule has 0 atom stereocenters. The highest BCUT2D eigenvalue weighted by atomic mass is 14.9. The number of nitrogens with one attached hydrogen (secondary N) is 1. The Labute approximate surface area is 48.6 Å². The summed E-state index contributed by atoms with van der Waals surface area (Å²) in [4.78, 5) is 3.85. The highest BCUT2D eigenvalue weighted by Gasteiger charge is 1.81. The fourth-order valence-electron chi connectivity index (χ4n) is 0.418. The first kappa shape index (κ1) is 5.09. The summed E-state index contributed by atoms with van der Waals surface area (Å²) in [6, 6.07) is 0. The molecule has 0 bridgehead atoms. The highest BCUT2D eigenvalue weighted by Crippen LogP contribution is 1.88. The molecule has 2 heteroatoms. The van der Waals surface area contributed by atoms with Crippen molar-refractivity contribution in [2.75, 3.05) is 0 Å². The third-order valence-corrected chi connectivity index (χ3v) is 0.767. The van der Waals surface area contributed by atoms with Crippen LogP contribution >= 0.6 is 0 Å². The van der Waals surface area contributed by atoms with Gasteiger partial charge in [-0.1, -0.05) is 0 Å². The zero-order valence-corrected chi connectivity index (χ0v) is 4.46. The molecule has 2 nitrogen and oxygen atoms in total. The van der Waals surface area contributed by atoms with Crippen LogP contribution in [0.25, 0.3) is 0 Å². The van der Waals surface area contributed by atoms with Crippen molar-refractivity contribution in [2.24, 2.45) is 4.99 Å². The zero-order valence-electron chi connectivity index (χ0n) is 4.46. The van der Waals surface area contributed by atoms with E-state index in [-0.39, 0.29) is 0 Å². The van der Waals surface area contributed by atoms with Crippen molar-refractivity contribution in [1.29, 1.82) is 0 Å². The minimum absolute atomic E-state index is 0.815. The van der Waals surface area contributed by atoms with Gasteiger partial charge < -0.3 is 5.32 Å². The lowest BCUT2D eigenvalue weighted by molar-refractivity contribution is 1.11. The van der Waals surface area contributed by atoms with Gasteiger partial charge in [-0.15, -0.1) is 0 Å². The maximum Gasteiger partial charge on any atom is 0.0460 e. The second-order valence-electron chi connectivity index (χ2n) is 1.46. The summed E-state index contributed by atoms with van der Waals surface area (Å²) in [5, 5.41) is 2.89. The van der Waals surface area contributed by atoms with E-state index in [2.05, 4.69) is 17.2 Å². The fraction of sp³-hybridized carbons (Fsp3) is 0. The van der Waals surface area contributed by atoms with Gasteiger partial charge in [0.2, 0.25) is 0 Å². The van der Waals surface area contributed by atoms with Crippen molar-refractivity contribution >= 4 is 6.21 Å². The van der Waals surface area contributed by atoms with Gasteiger partial charge in [-0.3, -0.25) is 4.99 Å². The predicted molar refractivity (Wildman–Crippen MR) is 34.2 cm³/mol. The minimum Gasteiger partial charge on any atom is -0.364 e. The first-order valence-electron chi connectivity index (χ1n) is 2.36. The van der Waals surface area contributed by atoms with Gasteiger partial charge in [0, 0.05) is 24.3 Å². The van der Waals surface area contributed by atoms with Crippen molar-refractivity contribution in [3.63, 3.8) is 0 Å². The van der Waals surface area contributed by atoms with E-state index in [0.717, 1.165) is 5.70 Å². The predicted octanol–water partition coefficient (Wildman–Crippen LogP) is 0.850. The number of nitrogens with zero attached hydrogens (tertiary/aromatic N) is 1. The van der Waals surface area contributed by atoms with Gasteiger partial charge in [0.25, 0.3) is 0 Å². The van der Waals surface area contributed by atoms with E-state index < -0.39 is 0 Å². The number of allylic oxidation sites excluding steroid dienone is 2. The molecule has 1 aliphatic rings. The summed E-state index contributed by atoms with van der Waals surface area (Å²) in [6.45, 7) is 3.64. The fourth-order valence-corrected chi connectivity index (χ4v) is 0.418. The van der Waals surface area contributed by atoms with E-state index in [1.54, 1.807) is 18.6 Å². The molecule has 0 unspecified atom stereocenters. The van der Waals surface area contributed by atoms with Gasteiger partial charge in [-0.05, 0) is 13.0 Å². The number of hydrogen-bond acceptors (Lipinski definition) is 2. The van der Waals surface area contributed by atoms with Crippen molar-refractivity contribution in [2.45, 2.75) is 0 Å². The van der Waals surface area contributed by atoms with Gasteiger partial charge in [0.15, 0.2) is 0 Å². The van der Waals surface area contributed by atoms with E-state index in [1.165, 1.54) is 0 Å². The summed E-state index contributed by atoms with van der Waals surface area (Å²) < 4.78 is 0. The van der Waals surface area contributed by atoms with Crippen LogP contribution in [0.5, 0.6) is 0 Å². The summed E-state index contributed by atoms with van der Waals surface area (Å²) in [5.74, 6) is 0. The van der Waals surface area contributed by atoms with Crippen LogP contribution in [0.2, 0.25) is 0 Å². The van der Waals surface area contributed by atoms with E-state index in [4.69, 9.17) is 0 Å². The van der Waals surface area contributed by atoms with Crippen LogP contribution in [0, 0.1) is 6.92 Å². The van der Waals surface area contributed by atoms with Crippen molar-refractivity contribution in [3.8, 4) is 0 Å². The lowest BCUT2D eigenvalue weighted by Gasteiger charge is -1.91. The second kappa shape index (κ2) is 2.31. The van der Waals surface area contributed by atoms with Gasteiger partial charge >= 0.3 is 0 Å².